The van der Waals surface area contributed by atoms with Gasteiger partial charge in [0.2, 0.25) is 5.91 Å². The molecule has 0 saturated carbocycles. The molecule has 0 spiro atoms. The summed E-state index contributed by atoms with van der Waals surface area (Å²) in [5.74, 6) is -0.414. The van der Waals surface area contributed by atoms with E-state index in [9.17, 15) is 9.18 Å². The summed E-state index contributed by atoms with van der Waals surface area (Å²) in [6, 6.07) is 3.01. The first kappa shape index (κ1) is 14.2. The Labute approximate surface area is 110 Å². The molecule has 0 heterocycles. The van der Waals surface area contributed by atoms with Crippen molar-refractivity contribution in [1.29, 1.82) is 0 Å². The molecule has 0 aliphatic heterocycles. The van der Waals surface area contributed by atoms with Crippen LogP contribution >= 0.6 is 15.9 Å². The van der Waals surface area contributed by atoms with Crippen LogP contribution in [0.25, 0.3) is 0 Å². The molecule has 0 aromatic heterocycles. The van der Waals surface area contributed by atoms with Gasteiger partial charge in [-0.25, -0.2) is 4.39 Å². The zero-order chi connectivity index (χ0) is 12.8. The second-order valence-corrected chi connectivity index (χ2v) is 4.94. The molecule has 94 valence electrons. The first-order valence-corrected chi connectivity index (χ1v) is 6.59. The Hall–Kier alpha value is -0.900. The monoisotopic (exact) mass is 301 g/mol. The van der Waals surface area contributed by atoms with E-state index >= 15 is 0 Å². The highest BCUT2D eigenvalue weighted by Crippen LogP contribution is 2.24. The van der Waals surface area contributed by atoms with Gasteiger partial charge in [-0.05, 0) is 47.0 Å². The molecule has 0 fully saturated rings. The van der Waals surface area contributed by atoms with Crippen LogP contribution in [0.1, 0.15) is 38.2 Å². The van der Waals surface area contributed by atoms with Gasteiger partial charge >= 0.3 is 0 Å². The number of carbonyl (C=O) groups excluding carboxylic acids is 1. The van der Waals surface area contributed by atoms with Crippen LogP contribution in [0.2, 0.25) is 0 Å². The highest BCUT2D eigenvalue weighted by molar-refractivity contribution is 9.10. The molecule has 1 N–H and O–H groups in total. The summed E-state index contributed by atoms with van der Waals surface area (Å²) < 4.78 is 13.7. The maximum atomic E-state index is 13.3. The van der Waals surface area contributed by atoms with Crippen molar-refractivity contribution < 1.29 is 9.18 Å². The van der Waals surface area contributed by atoms with Crippen molar-refractivity contribution in [2.24, 2.45) is 0 Å². The lowest BCUT2D eigenvalue weighted by Crippen LogP contribution is -2.12. The number of benzene rings is 1. The molecule has 0 aliphatic rings. The van der Waals surface area contributed by atoms with E-state index in [-0.39, 0.29) is 11.7 Å². The van der Waals surface area contributed by atoms with E-state index in [0.29, 0.717) is 16.6 Å². The number of carbonyl (C=O) groups is 1. The summed E-state index contributed by atoms with van der Waals surface area (Å²) in [6.07, 6.45) is 3.49. The van der Waals surface area contributed by atoms with Gasteiger partial charge < -0.3 is 5.32 Å². The zero-order valence-corrected chi connectivity index (χ0v) is 11.7. The molecule has 0 saturated heterocycles. The SMILES string of the molecule is CCCCCC(=O)Nc1cc(F)c(Br)cc1C. The van der Waals surface area contributed by atoms with Crippen LogP contribution in [-0.4, -0.2) is 5.91 Å². The number of unbranched alkanes of at least 4 members (excludes halogenated alkanes) is 2. The molecule has 0 aliphatic carbocycles. The van der Waals surface area contributed by atoms with Gasteiger partial charge in [0.1, 0.15) is 5.82 Å². The number of amides is 1. The fraction of sp³-hybridized carbons (Fsp3) is 0.462. The van der Waals surface area contributed by atoms with Crippen LogP contribution in [0.3, 0.4) is 0 Å². The zero-order valence-electron chi connectivity index (χ0n) is 10.1. The van der Waals surface area contributed by atoms with Crippen molar-refractivity contribution in [2.75, 3.05) is 5.32 Å². The van der Waals surface area contributed by atoms with Gasteiger partial charge in [0.05, 0.1) is 4.47 Å². The van der Waals surface area contributed by atoms with E-state index in [1.165, 1.54) is 6.07 Å². The van der Waals surface area contributed by atoms with Crippen molar-refractivity contribution in [1.82, 2.24) is 0 Å². The van der Waals surface area contributed by atoms with Gasteiger partial charge in [-0.2, -0.15) is 0 Å². The molecule has 0 atom stereocenters. The quantitative estimate of drug-likeness (QED) is 0.802. The number of rotatable bonds is 5. The number of halogens is 2. The number of aryl methyl sites for hydroxylation is 1. The standard InChI is InChI=1S/C13H17BrFNO/c1-3-4-5-6-13(17)16-12-8-11(15)10(14)7-9(12)2/h7-8H,3-6H2,1-2H3,(H,16,17). The Balaban J connectivity index is 2.62. The molecule has 0 bridgehead atoms. The lowest BCUT2D eigenvalue weighted by atomic mass is 10.1. The molecular formula is C13H17BrFNO. The van der Waals surface area contributed by atoms with Gasteiger partial charge in [0.25, 0.3) is 0 Å². The molecule has 17 heavy (non-hydrogen) atoms. The summed E-state index contributed by atoms with van der Waals surface area (Å²) in [4.78, 5) is 11.6. The molecule has 1 aromatic carbocycles. The predicted octanol–water partition coefficient (Wildman–Crippen LogP) is 4.42. The summed E-state index contributed by atoms with van der Waals surface area (Å²) in [5.41, 5.74) is 1.40. The molecule has 2 nitrogen and oxygen atoms in total. The van der Waals surface area contributed by atoms with Crippen molar-refractivity contribution in [3.8, 4) is 0 Å². The Morgan fingerprint density at radius 3 is 2.76 bits per heavy atom. The number of hydrogen-bond donors (Lipinski definition) is 1. The van der Waals surface area contributed by atoms with E-state index in [1.54, 1.807) is 6.07 Å². The topological polar surface area (TPSA) is 29.1 Å². The third-order valence-corrected chi connectivity index (χ3v) is 3.16. The molecule has 4 heteroatoms. The van der Waals surface area contributed by atoms with Crippen molar-refractivity contribution in [2.45, 2.75) is 39.5 Å². The number of anilines is 1. The maximum absolute atomic E-state index is 13.3. The van der Waals surface area contributed by atoms with Crippen LogP contribution < -0.4 is 5.32 Å². The molecule has 1 aromatic rings. The molecule has 1 rings (SSSR count). The number of hydrogen-bond acceptors (Lipinski definition) is 1. The molecule has 1 amide bonds. The van der Waals surface area contributed by atoms with Gasteiger partial charge in [0, 0.05) is 12.1 Å². The minimum Gasteiger partial charge on any atom is -0.326 e. The Bertz CT molecular complexity index is 407. The number of nitrogens with one attached hydrogen (secondary N) is 1. The largest absolute Gasteiger partial charge is 0.326 e. The van der Waals surface area contributed by atoms with E-state index in [0.717, 1.165) is 24.8 Å². The van der Waals surface area contributed by atoms with Crippen LogP contribution in [0.5, 0.6) is 0 Å². The second-order valence-electron chi connectivity index (χ2n) is 4.09. The fourth-order valence-electron chi connectivity index (χ4n) is 1.53. The Morgan fingerprint density at radius 2 is 2.12 bits per heavy atom. The van der Waals surface area contributed by atoms with E-state index < -0.39 is 0 Å². The van der Waals surface area contributed by atoms with Gasteiger partial charge in [-0.3, -0.25) is 4.79 Å². The van der Waals surface area contributed by atoms with Crippen LogP contribution in [0, 0.1) is 12.7 Å². The predicted molar refractivity (Wildman–Crippen MR) is 71.6 cm³/mol. The van der Waals surface area contributed by atoms with E-state index in [4.69, 9.17) is 0 Å². The van der Waals surface area contributed by atoms with Gasteiger partial charge in [-0.1, -0.05) is 19.8 Å². The highest BCUT2D eigenvalue weighted by atomic mass is 79.9. The first-order chi connectivity index (χ1) is 8.04. The highest BCUT2D eigenvalue weighted by Gasteiger charge is 2.08. The summed E-state index contributed by atoms with van der Waals surface area (Å²) in [6.45, 7) is 3.93. The Kier molecular flexibility index (Phi) is 5.62. The van der Waals surface area contributed by atoms with Crippen molar-refractivity contribution >= 4 is 27.5 Å². The van der Waals surface area contributed by atoms with Crippen molar-refractivity contribution in [3.63, 3.8) is 0 Å². The van der Waals surface area contributed by atoms with Crippen LogP contribution in [0.4, 0.5) is 10.1 Å². The maximum Gasteiger partial charge on any atom is 0.224 e. The second kappa shape index (κ2) is 6.74. The Morgan fingerprint density at radius 1 is 1.41 bits per heavy atom. The lowest BCUT2D eigenvalue weighted by molar-refractivity contribution is -0.116. The molecule has 0 unspecified atom stereocenters. The van der Waals surface area contributed by atoms with E-state index in [2.05, 4.69) is 28.2 Å². The average molecular weight is 302 g/mol. The van der Waals surface area contributed by atoms with Gasteiger partial charge in [0.15, 0.2) is 0 Å². The summed E-state index contributed by atoms with van der Waals surface area (Å²) >= 11 is 3.11. The first-order valence-electron chi connectivity index (χ1n) is 5.80. The van der Waals surface area contributed by atoms with Crippen LogP contribution in [-0.2, 0) is 4.79 Å². The summed E-state index contributed by atoms with van der Waals surface area (Å²) in [7, 11) is 0. The van der Waals surface area contributed by atoms with Crippen LogP contribution in [0.15, 0.2) is 16.6 Å². The molecule has 0 radical (unpaired) electrons. The smallest absolute Gasteiger partial charge is 0.224 e. The van der Waals surface area contributed by atoms with E-state index in [1.807, 2.05) is 6.92 Å². The third-order valence-electron chi connectivity index (χ3n) is 2.55. The average Bonchev–Trinajstić information content (AvgIpc) is 2.26. The van der Waals surface area contributed by atoms with Gasteiger partial charge in [-0.15, -0.1) is 0 Å². The minimum atomic E-state index is -0.362. The summed E-state index contributed by atoms with van der Waals surface area (Å²) in [5, 5.41) is 2.74. The fourth-order valence-corrected chi connectivity index (χ4v) is 1.99. The third kappa shape index (κ3) is 4.46. The lowest BCUT2D eigenvalue weighted by Gasteiger charge is -2.09. The molecular weight excluding hydrogens is 285 g/mol. The normalized spacial score (nSPS) is 10.4. The van der Waals surface area contributed by atoms with Crippen molar-refractivity contribution in [3.05, 3.63) is 28.0 Å². The minimum absolute atomic E-state index is 0.0525.